The predicted octanol–water partition coefficient (Wildman–Crippen LogP) is 1.31. The van der Waals surface area contributed by atoms with Crippen LogP contribution in [0.15, 0.2) is 30.3 Å². The number of amides is 4. The van der Waals surface area contributed by atoms with Gasteiger partial charge < -0.3 is 10.2 Å². The summed E-state index contributed by atoms with van der Waals surface area (Å²) in [4.78, 5) is 39.9. The van der Waals surface area contributed by atoms with Gasteiger partial charge in [-0.15, -0.1) is 0 Å². The minimum Gasteiger partial charge on any atom is -0.340 e. The summed E-state index contributed by atoms with van der Waals surface area (Å²) in [5.41, 5.74) is 1.17. The summed E-state index contributed by atoms with van der Waals surface area (Å²) in [6.45, 7) is 4.76. The van der Waals surface area contributed by atoms with E-state index in [9.17, 15) is 14.4 Å². The summed E-state index contributed by atoms with van der Waals surface area (Å²) in [7, 11) is 0. The molecule has 4 amide bonds. The first-order chi connectivity index (χ1) is 13.0. The van der Waals surface area contributed by atoms with Gasteiger partial charge in [0.1, 0.15) is 0 Å². The minimum atomic E-state index is -0.411. The molecule has 1 atom stereocenters. The Kier molecular flexibility index (Phi) is 6.45. The molecule has 0 bridgehead atoms. The second kappa shape index (κ2) is 8.99. The molecule has 0 spiro atoms. The summed E-state index contributed by atoms with van der Waals surface area (Å²) in [6, 6.07) is 9.87. The Morgan fingerprint density at radius 1 is 1.07 bits per heavy atom. The van der Waals surface area contributed by atoms with Crippen LogP contribution >= 0.6 is 0 Å². The molecule has 1 aliphatic carbocycles. The number of hydrogen-bond acceptors (Lipinski definition) is 4. The van der Waals surface area contributed by atoms with Crippen molar-refractivity contribution in [3.63, 3.8) is 0 Å². The van der Waals surface area contributed by atoms with E-state index in [2.05, 4.69) is 17.6 Å². The number of nitrogens with zero attached hydrogens (tertiary/aromatic N) is 2. The zero-order chi connectivity index (χ0) is 19.2. The number of benzene rings is 1. The summed E-state index contributed by atoms with van der Waals surface area (Å²) < 4.78 is 0. The average Bonchev–Trinajstić information content (AvgIpc) is 3.46. The average molecular weight is 372 g/mol. The van der Waals surface area contributed by atoms with Gasteiger partial charge in [-0.2, -0.15) is 0 Å². The van der Waals surface area contributed by atoms with Crippen molar-refractivity contribution in [2.45, 2.75) is 38.1 Å². The van der Waals surface area contributed by atoms with Crippen molar-refractivity contribution in [3.05, 3.63) is 35.9 Å². The summed E-state index contributed by atoms with van der Waals surface area (Å²) >= 11 is 0. The Morgan fingerprint density at radius 2 is 1.74 bits per heavy atom. The second-order valence-electron chi connectivity index (χ2n) is 7.47. The van der Waals surface area contributed by atoms with Gasteiger partial charge in [0.05, 0.1) is 6.54 Å². The monoisotopic (exact) mass is 372 g/mol. The summed E-state index contributed by atoms with van der Waals surface area (Å²) in [5.74, 6) is 0.0392. The molecule has 1 saturated carbocycles. The standard InChI is InChI=1S/C20H28N4O3/c1-15(16-5-3-2-4-6-16)13-19(26)24-11-9-23(10-12-24)14-18(25)22-20(27)21-17-7-8-17/h2-6,15,17H,7-14H2,1H3,(H2,21,22,25,27)/t15-/m1/s1. The number of rotatable bonds is 6. The number of piperazine rings is 1. The van der Waals surface area contributed by atoms with Crippen LogP contribution in [0.2, 0.25) is 0 Å². The van der Waals surface area contributed by atoms with Crippen LogP contribution in [-0.4, -0.2) is 66.4 Å². The van der Waals surface area contributed by atoms with Crippen molar-refractivity contribution in [1.82, 2.24) is 20.4 Å². The topological polar surface area (TPSA) is 81.8 Å². The van der Waals surface area contributed by atoms with Crippen molar-refractivity contribution >= 4 is 17.8 Å². The third-order valence-electron chi connectivity index (χ3n) is 5.11. The van der Waals surface area contributed by atoms with Crippen molar-refractivity contribution in [3.8, 4) is 0 Å². The van der Waals surface area contributed by atoms with Gasteiger partial charge >= 0.3 is 6.03 Å². The van der Waals surface area contributed by atoms with E-state index in [4.69, 9.17) is 0 Å². The number of urea groups is 1. The second-order valence-corrected chi connectivity index (χ2v) is 7.47. The van der Waals surface area contributed by atoms with Crippen LogP contribution in [0.25, 0.3) is 0 Å². The smallest absolute Gasteiger partial charge is 0.321 e. The normalized spacial score (nSPS) is 18.6. The molecule has 2 N–H and O–H groups in total. The van der Waals surface area contributed by atoms with E-state index in [1.54, 1.807) is 0 Å². The Labute approximate surface area is 160 Å². The first-order valence-electron chi connectivity index (χ1n) is 9.66. The third-order valence-corrected chi connectivity index (χ3v) is 5.11. The fourth-order valence-electron chi connectivity index (χ4n) is 3.26. The van der Waals surface area contributed by atoms with Gasteiger partial charge in [-0.25, -0.2) is 4.79 Å². The molecule has 1 aromatic rings. The molecule has 1 saturated heterocycles. The molecule has 1 heterocycles. The Morgan fingerprint density at radius 3 is 2.37 bits per heavy atom. The Balaban J connectivity index is 1.37. The minimum absolute atomic E-state index is 0.152. The fraction of sp³-hybridized carbons (Fsp3) is 0.550. The van der Waals surface area contributed by atoms with Crippen LogP contribution in [0.1, 0.15) is 37.7 Å². The van der Waals surface area contributed by atoms with Gasteiger partial charge in [0.25, 0.3) is 0 Å². The number of nitrogens with one attached hydrogen (secondary N) is 2. The molecule has 0 aromatic heterocycles. The maximum absolute atomic E-state index is 12.5. The molecule has 1 aliphatic heterocycles. The lowest BCUT2D eigenvalue weighted by Gasteiger charge is -2.34. The quantitative estimate of drug-likeness (QED) is 0.789. The van der Waals surface area contributed by atoms with Crippen molar-refractivity contribution in [1.29, 1.82) is 0 Å². The first-order valence-corrected chi connectivity index (χ1v) is 9.66. The number of hydrogen-bond donors (Lipinski definition) is 2. The van der Waals surface area contributed by atoms with Crippen molar-refractivity contribution in [2.24, 2.45) is 0 Å². The lowest BCUT2D eigenvalue weighted by molar-refractivity contribution is -0.133. The maximum atomic E-state index is 12.5. The summed E-state index contributed by atoms with van der Waals surface area (Å²) in [5, 5.41) is 5.10. The molecule has 2 fully saturated rings. The molecular formula is C20H28N4O3. The van der Waals surface area contributed by atoms with E-state index in [1.807, 2.05) is 40.1 Å². The fourth-order valence-corrected chi connectivity index (χ4v) is 3.26. The Hall–Kier alpha value is -2.41. The molecule has 7 nitrogen and oxygen atoms in total. The first kappa shape index (κ1) is 19.4. The Bertz CT molecular complexity index is 667. The van der Waals surface area contributed by atoms with E-state index >= 15 is 0 Å². The lowest BCUT2D eigenvalue weighted by atomic mass is 9.97. The van der Waals surface area contributed by atoms with Gasteiger partial charge in [0.2, 0.25) is 11.8 Å². The number of carbonyl (C=O) groups is 3. The largest absolute Gasteiger partial charge is 0.340 e. The van der Waals surface area contributed by atoms with Crippen LogP contribution in [0.4, 0.5) is 4.79 Å². The molecule has 0 unspecified atom stereocenters. The molecule has 2 aliphatic rings. The summed E-state index contributed by atoms with van der Waals surface area (Å²) in [6.07, 6.45) is 2.47. The van der Waals surface area contributed by atoms with Gasteiger partial charge in [0, 0.05) is 38.6 Å². The van der Waals surface area contributed by atoms with Crippen LogP contribution < -0.4 is 10.6 Å². The zero-order valence-corrected chi connectivity index (χ0v) is 15.8. The van der Waals surface area contributed by atoms with Crippen LogP contribution in [0, 0.1) is 0 Å². The van der Waals surface area contributed by atoms with E-state index in [-0.39, 0.29) is 30.3 Å². The maximum Gasteiger partial charge on any atom is 0.321 e. The van der Waals surface area contributed by atoms with Crippen LogP contribution in [0.5, 0.6) is 0 Å². The lowest BCUT2D eigenvalue weighted by Crippen LogP contribution is -2.52. The van der Waals surface area contributed by atoms with Crippen molar-refractivity contribution in [2.75, 3.05) is 32.7 Å². The molecule has 3 rings (SSSR count). The van der Waals surface area contributed by atoms with Crippen LogP contribution in [0.3, 0.4) is 0 Å². The molecule has 146 valence electrons. The molecule has 7 heteroatoms. The highest BCUT2D eigenvalue weighted by Crippen LogP contribution is 2.20. The molecule has 0 radical (unpaired) electrons. The predicted molar refractivity (Wildman–Crippen MR) is 102 cm³/mol. The van der Waals surface area contributed by atoms with Gasteiger partial charge in [-0.05, 0) is 24.3 Å². The number of carbonyl (C=O) groups excluding carboxylic acids is 3. The molecule has 27 heavy (non-hydrogen) atoms. The van der Waals surface area contributed by atoms with Gasteiger partial charge in [0.15, 0.2) is 0 Å². The van der Waals surface area contributed by atoms with E-state index in [1.165, 1.54) is 5.56 Å². The highest BCUT2D eigenvalue weighted by molar-refractivity contribution is 5.95. The molecular weight excluding hydrogens is 344 g/mol. The van der Waals surface area contributed by atoms with E-state index in [0.29, 0.717) is 32.6 Å². The van der Waals surface area contributed by atoms with Gasteiger partial charge in [-0.3, -0.25) is 19.8 Å². The van der Waals surface area contributed by atoms with Gasteiger partial charge in [-0.1, -0.05) is 37.3 Å². The highest BCUT2D eigenvalue weighted by Gasteiger charge is 2.26. The van der Waals surface area contributed by atoms with E-state index in [0.717, 1.165) is 12.8 Å². The van der Waals surface area contributed by atoms with Crippen LogP contribution in [-0.2, 0) is 9.59 Å². The highest BCUT2D eigenvalue weighted by atomic mass is 16.2. The zero-order valence-electron chi connectivity index (χ0n) is 15.8. The van der Waals surface area contributed by atoms with E-state index < -0.39 is 6.03 Å². The third kappa shape index (κ3) is 6.06. The number of imide groups is 1. The van der Waals surface area contributed by atoms with Crippen molar-refractivity contribution < 1.29 is 14.4 Å². The molecule has 1 aromatic carbocycles. The SMILES string of the molecule is C[C@H](CC(=O)N1CCN(CC(=O)NC(=O)NC2CC2)CC1)c1ccccc1.